The Morgan fingerprint density at radius 3 is 2.46 bits per heavy atom. The molecule has 0 aliphatic carbocycles. The average molecular weight is 351 g/mol. The molecular formula is C22H22FNO2. The van der Waals surface area contributed by atoms with Crippen molar-refractivity contribution in [3.8, 4) is 11.8 Å². The van der Waals surface area contributed by atoms with Crippen LogP contribution in [0.5, 0.6) is 0 Å². The quantitative estimate of drug-likeness (QED) is 0.607. The van der Waals surface area contributed by atoms with Gasteiger partial charge in [0.2, 0.25) is 0 Å². The third-order valence-electron chi connectivity index (χ3n) is 4.35. The molecule has 1 saturated heterocycles. The highest BCUT2D eigenvalue weighted by Crippen LogP contribution is 2.18. The lowest BCUT2D eigenvalue weighted by atomic mass is 10.1. The van der Waals surface area contributed by atoms with Gasteiger partial charge < -0.3 is 4.74 Å². The second kappa shape index (κ2) is 9.17. The number of halogens is 1. The summed E-state index contributed by atoms with van der Waals surface area (Å²) in [7, 11) is 0. The first-order valence-corrected chi connectivity index (χ1v) is 8.90. The van der Waals surface area contributed by atoms with E-state index in [2.05, 4.69) is 16.7 Å². The molecule has 0 saturated carbocycles. The van der Waals surface area contributed by atoms with E-state index >= 15 is 0 Å². The van der Waals surface area contributed by atoms with Crippen LogP contribution >= 0.6 is 0 Å². The van der Waals surface area contributed by atoms with Crippen molar-refractivity contribution in [3.05, 3.63) is 71.5 Å². The summed E-state index contributed by atoms with van der Waals surface area (Å²) in [6, 6.07) is 15.4. The molecule has 0 N–H and O–H groups in total. The summed E-state index contributed by atoms with van der Waals surface area (Å²) in [5, 5.41) is 0. The van der Waals surface area contributed by atoms with E-state index in [4.69, 9.17) is 4.74 Å². The van der Waals surface area contributed by atoms with E-state index in [1.807, 2.05) is 30.3 Å². The Labute approximate surface area is 153 Å². The molecule has 3 nitrogen and oxygen atoms in total. The number of nitrogens with zero attached hydrogens (tertiary/aromatic N) is 1. The van der Waals surface area contributed by atoms with Crippen LogP contribution in [0.15, 0.2) is 54.6 Å². The lowest BCUT2D eigenvalue weighted by molar-refractivity contribution is -0.145. The first kappa shape index (κ1) is 18.2. The molecule has 0 amide bonds. The molecular weight excluding hydrogens is 329 g/mol. The zero-order valence-corrected chi connectivity index (χ0v) is 14.7. The summed E-state index contributed by atoms with van der Waals surface area (Å²) < 4.78 is 18.6. The largest absolute Gasteiger partial charge is 0.444 e. The molecule has 2 aromatic carbocycles. The van der Waals surface area contributed by atoms with Crippen LogP contribution in [0.3, 0.4) is 0 Å². The third-order valence-corrected chi connectivity index (χ3v) is 4.35. The summed E-state index contributed by atoms with van der Waals surface area (Å²) >= 11 is 0. The lowest BCUT2D eigenvalue weighted by Gasteiger charge is -2.14. The Bertz CT molecular complexity index is 771. The molecule has 0 spiro atoms. The fraction of sp³-hybridized carbons (Fsp3) is 0.318. The standard InChI is InChI=1S/C22H22FNO2/c23-20-12-10-18(11-13-20)17-22(25)26-21(19-7-2-1-3-8-19)9-6-16-24-14-4-5-15-24/h1-3,7-8,10-13,21H,4-5,14-17H2. The molecule has 1 heterocycles. The monoisotopic (exact) mass is 351 g/mol. The summed E-state index contributed by atoms with van der Waals surface area (Å²) in [4.78, 5) is 14.6. The van der Waals surface area contributed by atoms with Gasteiger partial charge in [-0.3, -0.25) is 9.69 Å². The van der Waals surface area contributed by atoms with E-state index in [1.54, 1.807) is 12.1 Å². The molecule has 3 rings (SSSR count). The number of esters is 1. The highest BCUT2D eigenvalue weighted by molar-refractivity contribution is 5.73. The van der Waals surface area contributed by atoms with Gasteiger partial charge in [-0.05, 0) is 43.6 Å². The van der Waals surface area contributed by atoms with E-state index in [9.17, 15) is 9.18 Å². The molecule has 1 aliphatic rings. The van der Waals surface area contributed by atoms with Crippen LogP contribution in [0.4, 0.5) is 4.39 Å². The minimum Gasteiger partial charge on any atom is -0.444 e. The number of ether oxygens (including phenoxy) is 1. The number of benzene rings is 2. The van der Waals surface area contributed by atoms with Crippen LogP contribution in [0.25, 0.3) is 0 Å². The number of hydrogen-bond donors (Lipinski definition) is 0. The van der Waals surface area contributed by atoms with Crippen LogP contribution < -0.4 is 0 Å². The summed E-state index contributed by atoms with van der Waals surface area (Å²) in [5.74, 6) is 5.55. The summed E-state index contributed by atoms with van der Waals surface area (Å²) in [6.45, 7) is 2.85. The van der Waals surface area contributed by atoms with E-state index in [0.717, 1.165) is 18.7 Å². The predicted molar refractivity (Wildman–Crippen MR) is 98.8 cm³/mol. The first-order valence-electron chi connectivity index (χ1n) is 8.90. The van der Waals surface area contributed by atoms with Crippen molar-refractivity contribution < 1.29 is 13.9 Å². The van der Waals surface area contributed by atoms with Gasteiger partial charge in [0, 0.05) is 5.56 Å². The molecule has 134 valence electrons. The van der Waals surface area contributed by atoms with Crippen molar-refractivity contribution in [2.45, 2.75) is 25.4 Å². The number of carbonyl (C=O) groups excluding carboxylic acids is 1. The van der Waals surface area contributed by atoms with Crippen molar-refractivity contribution in [1.29, 1.82) is 0 Å². The normalized spacial score (nSPS) is 15.1. The van der Waals surface area contributed by atoms with Gasteiger partial charge in [0.05, 0.1) is 13.0 Å². The second-order valence-corrected chi connectivity index (χ2v) is 6.39. The van der Waals surface area contributed by atoms with Gasteiger partial charge in [-0.2, -0.15) is 0 Å². The lowest BCUT2D eigenvalue weighted by Crippen LogP contribution is -2.19. The molecule has 1 fully saturated rings. The van der Waals surface area contributed by atoms with Gasteiger partial charge in [0.1, 0.15) is 5.82 Å². The molecule has 26 heavy (non-hydrogen) atoms. The Hall–Kier alpha value is -2.64. The van der Waals surface area contributed by atoms with Crippen molar-refractivity contribution in [2.24, 2.45) is 0 Å². The fourth-order valence-electron chi connectivity index (χ4n) is 2.94. The molecule has 0 bridgehead atoms. The molecule has 1 atom stereocenters. The van der Waals surface area contributed by atoms with Crippen molar-refractivity contribution in [3.63, 3.8) is 0 Å². The second-order valence-electron chi connectivity index (χ2n) is 6.39. The van der Waals surface area contributed by atoms with Gasteiger partial charge in [-0.15, -0.1) is 0 Å². The minimum atomic E-state index is -0.591. The highest BCUT2D eigenvalue weighted by atomic mass is 19.1. The van der Waals surface area contributed by atoms with E-state index in [1.165, 1.54) is 25.0 Å². The molecule has 1 aliphatic heterocycles. The molecule has 4 heteroatoms. The minimum absolute atomic E-state index is 0.0947. The number of carbonyl (C=O) groups is 1. The van der Waals surface area contributed by atoms with Crippen molar-refractivity contribution in [2.75, 3.05) is 19.6 Å². The molecule has 0 radical (unpaired) electrons. The van der Waals surface area contributed by atoms with Crippen molar-refractivity contribution >= 4 is 5.97 Å². The van der Waals surface area contributed by atoms with E-state index < -0.39 is 6.10 Å². The third kappa shape index (κ3) is 5.44. The molecule has 2 aromatic rings. The molecule has 1 unspecified atom stereocenters. The van der Waals surface area contributed by atoms with Gasteiger partial charge in [0.15, 0.2) is 6.10 Å². The first-order chi connectivity index (χ1) is 12.7. The SMILES string of the molecule is O=C(Cc1ccc(F)cc1)OC(C#CCN1CCCC1)c1ccccc1. The maximum atomic E-state index is 13.0. The topological polar surface area (TPSA) is 29.5 Å². The number of likely N-dealkylation sites (tertiary alicyclic amines) is 1. The summed E-state index contributed by atoms with van der Waals surface area (Å²) in [5.41, 5.74) is 1.57. The van der Waals surface area contributed by atoms with Crippen LogP contribution in [0, 0.1) is 17.7 Å². The van der Waals surface area contributed by atoms with E-state index in [-0.39, 0.29) is 18.2 Å². The van der Waals surface area contributed by atoms with Crippen LogP contribution in [-0.4, -0.2) is 30.5 Å². The van der Waals surface area contributed by atoms with Gasteiger partial charge >= 0.3 is 5.97 Å². The Morgan fingerprint density at radius 1 is 1.08 bits per heavy atom. The number of rotatable bonds is 5. The zero-order valence-electron chi connectivity index (χ0n) is 14.7. The fourth-order valence-corrected chi connectivity index (χ4v) is 2.94. The molecule has 0 aromatic heterocycles. The van der Waals surface area contributed by atoms with Crippen molar-refractivity contribution in [1.82, 2.24) is 4.90 Å². The van der Waals surface area contributed by atoms with Crippen LogP contribution in [0.2, 0.25) is 0 Å². The van der Waals surface area contributed by atoms with Gasteiger partial charge in [-0.25, -0.2) is 4.39 Å². The summed E-state index contributed by atoms with van der Waals surface area (Å²) in [6.07, 6.45) is 1.94. The Balaban J connectivity index is 1.65. The maximum Gasteiger partial charge on any atom is 0.311 e. The Kier molecular flexibility index (Phi) is 6.40. The average Bonchev–Trinajstić information content (AvgIpc) is 3.17. The van der Waals surface area contributed by atoms with Crippen LogP contribution in [-0.2, 0) is 16.0 Å². The Morgan fingerprint density at radius 2 is 1.77 bits per heavy atom. The van der Waals surface area contributed by atoms with Gasteiger partial charge in [-0.1, -0.05) is 54.3 Å². The van der Waals surface area contributed by atoms with E-state index in [0.29, 0.717) is 12.1 Å². The van der Waals surface area contributed by atoms with Crippen LogP contribution in [0.1, 0.15) is 30.1 Å². The predicted octanol–water partition coefficient (Wildman–Crippen LogP) is 3.75. The maximum absolute atomic E-state index is 13.0. The zero-order chi connectivity index (χ0) is 18.2. The number of hydrogen-bond acceptors (Lipinski definition) is 3. The smallest absolute Gasteiger partial charge is 0.311 e. The van der Waals surface area contributed by atoms with Gasteiger partial charge in [0.25, 0.3) is 0 Å². The highest BCUT2D eigenvalue weighted by Gasteiger charge is 2.15.